The van der Waals surface area contributed by atoms with Gasteiger partial charge >= 0.3 is 0 Å². The molecule has 3 rings (SSSR count). The molecule has 0 bridgehead atoms. The Balaban J connectivity index is 1.79. The molecule has 1 aromatic heterocycles. The molecule has 0 radical (unpaired) electrons. The molecule has 0 atom stereocenters. The maximum atomic E-state index is 12.5. The van der Waals surface area contributed by atoms with Gasteiger partial charge in [0.05, 0.1) is 0 Å². The van der Waals surface area contributed by atoms with E-state index >= 15 is 0 Å². The van der Waals surface area contributed by atoms with Crippen molar-refractivity contribution in [2.75, 3.05) is 5.73 Å². The Bertz CT molecular complexity index is 622. The van der Waals surface area contributed by atoms with E-state index in [1.807, 2.05) is 29.2 Å². The van der Waals surface area contributed by atoms with Crippen LogP contribution in [0.4, 0.5) is 5.13 Å². The van der Waals surface area contributed by atoms with Crippen molar-refractivity contribution in [3.63, 3.8) is 0 Å². The first-order valence-corrected chi connectivity index (χ1v) is 7.65. The highest BCUT2D eigenvalue weighted by Gasteiger charge is 2.33. The lowest BCUT2D eigenvalue weighted by molar-refractivity contribution is 0.0725. The lowest BCUT2D eigenvalue weighted by atomic mass is 10.2. The Hall–Kier alpha value is -1.59. The van der Waals surface area contributed by atoms with Gasteiger partial charge in [-0.25, -0.2) is 4.98 Å². The number of nitrogen functional groups attached to an aromatic ring is 1. The molecule has 1 aliphatic carbocycles. The predicted octanol–water partition coefficient (Wildman–Crippen LogP) is 3.18. The van der Waals surface area contributed by atoms with E-state index in [2.05, 4.69) is 4.98 Å². The molecule has 1 aliphatic rings. The molecule has 1 saturated carbocycles. The monoisotopic (exact) mass is 307 g/mol. The van der Waals surface area contributed by atoms with E-state index in [1.54, 1.807) is 5.38 Å². The summed E-state index contributed by atoms with van der Waals surface area (Å²) in [6.07, 6.45) is 2.11. The van der Waals surface area contributed by atoms with Crippen molar-refractivity contribution in [1.82, 2.24) is 9.88 Å². The number of halogens is 1. The third-order valence-corrected chi connectivity index (χ3v) is 4.18. The second kappa shape index (κ2) is 5.42. The van der Waals surface area contributed by atoms with Gasteiger partial charge in [-0.2, -0.15) is 0 Å². The molecule has 0 spiro atoms. The lowest BCUT2D eigenvalue weighted by Gasteiger charge is -2.21. The van der Waals surface area contributed by atoms with E-state index in [1.165, 1.54) is 11.3 Å². The predicted molar refractivity (Wildman–Crippen MR) is 80.9 cm³/mol. The number of thiazole rings is 1. The van der Waals surface area contributed by atoms with Crippen molar-refractivity contribution >= 4 is 34.0 Å². The Kier molecular flexibility index (Phi) is 3.63. The normalized spacial score (nSPS) is 14.2. The van der Waals surface area contributed by atoms with Gasteiger partial charge in [0.1, 0.15) is 5.69 Å². The second-order valence-electron chi connectivity index (χ2n) is 4.86. The summed E-state index contributed by atoms with van der Waals surface area (Å²) in [6.45, 7) is 0.581. The van der Waals surface area contributed by atoms with E-state index < -0.39 is 0 Å². The molecule has 1 fully saturated rings. The molecule has 0 saturated heterocycles. The van der Waals surface area contributed by atoms with Crippen LogP contribution in [0, 0.1) is 0 Å². The number of rotatable bonds is 4. The summed E-state index contributed by atoms with van der Waals surface area (Å²) < 4.78 is 0. The van der Waals surface area contributed by atoms with Crippen LogP contribution in [0.1, 0.15) is 28.9 Å². The molecule has 2 aromatic rings. The van der Waals surface area contributed by atoms with Crippen LogP contribution < -0.4 is 5.73 Å². The summed E-state index contributed by atoms with van der Waals surface area (Å²) in [5.74, 6) is -0.0459. The third-order valence-electron chi connectivity index (χ3n) is 3.26. The Morgan fingerprint density at radius 3 is 2.65 bits per heavy atom. The van der Waals surface area contributed by atoms with Crippen LogP contribution in [-0.2, 0) is 6.54 Å². The van der Waals surface area contributed by atoms with E-state index in [0.29, 0.717) is 28.4 Å². The first kappa shape index (κ1) is 13.4. The van der Waals surface area contributed by atoms with Gasteiger partial charge in [0.25, 0.3) is 5.91 Å². The molecule has 4 nitrogen and oxygen atoms in total. The zero-order chi connectivity index (χ0) is 14.1. The Labute approximate surface area is 126 Å². The van der Waals surface area contributed by atoms with Crippen LogP contribution in [0.5, 0.6) is 0 Å². The highest BCUT2D eigenvalue weighted by molar-refractivity contribution is 7.13. The summed E-state index contributed by atoms with van der Waals surface area (Å²) in [5, 5.41) is 2.84. The topological polar surface area (TPSA) is 59.2 Å². The number of hydrogen-bond acceptors (Lipinski definition) is 4. The largest absolute Gasteiger partial charge is 0.375 e. The highest BCUT2D eigenvalue weighted by atomic mass is 35.5. The maximum absolute atomic E-state index is 12.5. The molecular formula is C14H14ClN3OS. The van der Waals surface area contributed by atoms with Gasteiger partial charge in [0.15, 0.2) is 5.13 Å². The van der Waals surface area contributed by atoms with Crippen molar-refractivity contribution in [2.24, 2.45) is 0 Å². The number of nitrogens with two attached hydrogens (primary N) is 1. The Morgan fingerprint density at radius 1 is 1.40 bits per heavy atom. The zero-order valence-corrected chi connectivity index (χ0v) is 12.3. The molecule has 1 aromatic carbocycles. The van der Waals surface area contributed by atoms with Gasteiger partial charge in [0, 0.05) is 23.0 Å². The van der Waals surface area contributed by atoms with Gasteiger partial charge in [-0.05, 0) is 30.5 Å². The van der Waals surface area contributed by atoms with Crippen LogP contribution >= 0.6 is 22.9 Å². The zero-order valence-electron chi connectivity index (χ0n) is 10.8. The second-order valence-corrected chi connectivity index (χ2v) is 6.19. The first-order valence-electron chi connectivity index (χ1n) is 6.40. The summed E-state index contributed by atoms with van der Waals surface area (Å²) in [6, 6.07) is 7.89. The molecule has 20 heavy (non-hydrogen) atoms. The average Bonchev–Trinajstić information content (AvgIpc) is 3.19. The van der Waals surface area contributed by atoms with Gasteiger partial charge in [-0.1, -0.05) is 23.7 Å². The number of amides is 1. The van der Waals surface area contributed by atoms with Crippen molar-refractivity contribution < 1.29 is 4.79 Å². The standard InChI is InChI=1S/C14H14ClN3OS/c15-10-3-1-9(2-4-10)7-18(11-5-6-11)13(19)12-8-20-14(16)17-12/h1-4,8,11H,5-7H2,(H2,16,17). The Morgan fingerprint density at radius 2 is 2.10 bits per heavy atom. The fourth-order valence-corrected chi connectivity index (χ4v) is 2.74. The summed E-state index contributed by atoms with van der Waals surface area (Å²) in [4.78, 5) is 18.5. The van der Waals surface area contributed by atoms with Crippen molar-refractivity contribution in [2.45, 2.75) is 25.4 Å². The van der Waals surface area contributed by atoms with Crippen molar-refractivity contribution in [3.05, 3.63) is 45.9 Å². The van der Waals surface area contributed by atoms with Gasteiger partial charge in [0.2, 0.25) is 0 Å². The number of benzene rings is 1. The van der Waals surface area contributed by atoms with E-state index in [4.69, 9.17) is 17.3 Å². The molecular weight excluding hydrogens is 294 g/mol. The summed E-state index contributed by atoms with van der Waals surface area (Å²) in [5.41, 5.74) is 7.11. The molecule has 2 N–H and O–H groups in total. The van der Waals surface area contributed by atoms with Gasteiger partial charge in [-0.15, -0.1) is 11.3 Å². The molecule has 6 heteroatoms. The fraction of sp³-hybridized carbons (Fsp3) is 0.286. The van der Waals surface area contributed by atoms with Crippen molar-refractivity contribution in [3.8, 4) is 0 Å². The first-order chi connectivity index (χ1) is 9.63. The van der Waals surface area contributed by atoms with E-state index in [0.717, 1.165) is 18.4 Å². The minimum absolute atomic E-state index is 0.0459. The minimum Gasteiger partial charge on any atom is -0.375 e. The lowest BCUT2D eigenvalue weighted by Crippen LogP contribution is -2.32. The van der Waals surface area contributed by atoms with Gasteiger partial charge < -0.3 is 10.6 Å². The van der Waals surface area contributed by atoms with Crippen LogP contribution in [0.2, 0.25) is 5.02 Å². The number of hydrogen-bond donors (Lipinski definition) is 1. The van der Waals surface area contributed by atoms with Crippen LogP contribution in [-0.4, -0.2) is 21.8 Å². The van der Waals surface area contributed by atoms with E-state index in [-0.39, 0.29) is 5.91 Å². The summed E-state index contributed by atoms with van der Waals surface area (Å²) in [7, 11) is 0. The number of carbonyl (C=O) groups is 1. The number of anilines is 1. The van der Waals surface area contributed by atoms with Crippen molar-refractivity contribution in [1.29, 1.82) is 0 Å². The number of aromatic nitrogens is 1. The third kappa shape index (κ3) is 2.94. The minimum atomic E-state index is -0.0459. The van der Waals surface area contributed by atoms with Crippen LogP contribution in [0.15, 0.2) is 29.6 Å². The SMILES string of the molecule is Nc1nc(C(=O)N(Cc2ccc(Cl)cc2)C2CC2)cs1. The molecule has 104 valence electrons. The molecule has 0 unspecified atom stereocenters. The van der Waals surface area contributed by atoms with Crippen LogP contribution in [0.25, 0.3) is 0 Å². The smallest absolute Gasteiger partial charge is 0.273 e. The average molecular weight is 308 g/mol. The number of nitrogens with zero attached hydrogens (tertiary/aromatic N) is 2. The quantitative estimate of drug-likeness (QED) is 0.943. The molecule has 1 amide bonds. The van der Waals surface area contributed by atoms with Crippen LogP contribution in [0.3, 0.4) is 0 Å². The summed E-state index contributed by atoms with van der Waals surface area (Å²) >= 11 is 7.17. The molecule has 0 aliphatic heterocycles. The van der Waals surface area contributed by atoms with E-state index in [9.17, 15) is 4.79 Å². The molecule has 1 heterocycles. The maximum Gasteiger partial charge on any atom is 0.273 e. The highest BCUT2D eigenvalue weighted by Crippen LogP contribution is 2.30. The fourth-order valence-electron chi connectivity index (χ4n) is 2.07. The number of carbonyl (C=O) groups excluding carboxylic acids is 1. The van der Waals surface area contributed by atoms with Gasteiger partial charge in [-0.3, -0.25) is 4.79 Å².